The summed E-state index contributed by atoms with van der Waals surface area (Å²) >= 11 is 0. The third-order valence-electron chi connectivity index (χ3n) is 17.0. The van der Waals surface area contributed by atoms with Crippen LogP contribution in [0.4, 0.5) is 34.1 Å². The maximum Gasteiger partial charge on any atom is 0.252 e. The fraction of sp³-hybridized carbons (Fsp3) is 0.410. The average Bonchev–Trinajstić information content (AvgIpc) is 3.55. The van der Waals surface area contributed by atoms with Crippen molar-refractivity contribution < 1.29 is 4.11 Å². The van der Waals surface area contributed by atoms with Crippen LogP contribution in [0.2, 0.25) is 0 Å². The van der Waals surface area contributed by atoms with Crippen molar-refractivity contribution in [2.45, 2.75) is 162 Å². The van der Waals surface area contributed by atoms with Crippen LogP contribution in [0, 0.1) is 20.7 Å². The van der Waals surface area contributed by atoms with Gasteiger partial charge >= 0.3 is 0 Å². The van der Waals surface area contributed by atoms with Crippen LogP contribution in [0.25, 0.3) is 11.1 Å². The Bertz CT molecular complexity index is 3110. The van der Waals surface area contributed by atoms with E-state index in [1.165, 1.54) is 72.0 Å². The van der Waals surface area contributed by atoms with Gasteiger partial charge in [-0.3, -0.25) is 0 Å². The van der Waals surface area contributed by atoms with E-state index >= 15 is 0 Å². The second kappa shape index (κ2) is 13.1. The minimum Gasteiger partial charge on any atom is -0.311 e. The van der Waals surface area contributed by atoms with E-state index < -0.39 is 6.85 Å². The molecule has 326 valence electrons. The lowest BCUT2D eigenvalue weighted by Gasteiger charge is -2.47. The summed E-state index contributed by atoms with van der Waals surface area (Å²) < 4.78 is 27.5. The Morgan fingerprint density at radius 3 is 1.64 bits per heavy atom. The van der Waals surface area contributed by atoms with Crippen LogP contribution in [-0.2, 0) is 32.5 Å². The molecule has 64 heavy (non-hydrogen) atoms. The van der Waals surface area contributed by atoms with Crippen molar-refractivity contribution >= 4 is 57.2 Å². The van der Waals surface area contributed by atoms with E-state index in [2.05, 4.69) is 192 Å². The number of hydrogen-bond acceptors (Lipinski definition) is 2. The minimum atomic E-state index is -2.35. The van der Waals surface area contributed by atoms with Crippen molar-refractivity contribution in [3.63, 3.8) is 0 Å². The molecule has 6 aromatic rings. The van der Waals surface area contributed by atoms with Gasteiger partial charge in [0.05, 0.1) is 0 Å². The number of rotatable bonds is 3. The SMILES string of the molecule is [2H]C([2H])([2H])c1cc2c3c(c1)N(c1ccc4c(c1C)C(C)(C)CC4(C)C)c1cc4c(cc1B3c1cc(-c3ccccc3)ccc1N2c1cc2c(cc1C)C(C)(C)CCC2(C)C)C(C)(C)CC4(C)C. The van der Waals surface area contributed by atoms with Gasteiger partial charge in [0.25, 0.3) is 6.71 Å². The van der Waals surface area contributed by atoms with Crippen LogP contribution in [-0.4, -0.2) is 6.71 Å². The first-order chi connectivity index (χ1) is 31.1. The Labute approximate surface area is 389 Å². The van der Waals surface area contributed by atoms with E-state index in [4.69, 9.17) is 0 Å². The molecule has 0 radical (unpaired) electrons. The summed E-state index contributed by atoms with van der Waals surface area (Å²) in [6.45, 7) is 31.0. The van der Waals surface area contributed by atoms with Gasteiger partial charge in [0, 0.05) is 38.2 Å². The molecule has 2 nitrogen and oxygen atoms in total. The Hall–Kier alpha value is -5.02. The molecular formula is C61H69BN2. The predicted octanol–water partition coefficient (Wildman–Crippen LogP) is 14.6. The molecule has 0 saturated heterocycles. The largest absolute Gasteiger partial charge is 0.311 e. The van der Waals surface area contributed by atoms with Crippen LogP contribution in [0.1, 0.15) is 163 Å². The van der Waals surface area contributed by atoms with E-state index in [0.717, 1.165) is 59.8 Å². The third-order valence-corrected chi connectivity index (χ3v) is 17.0. The number of benzene rings is 6. The first-order valence-electron chi connectivity index (χ1n) is 25.6. The number of anilines is 6. The van der Waals surface area contributed by atoms with E-state index in [-0.39, 0.29) is 39.2 Å². The molecule has 0 N–H and O–H groups in total. The lowest BCUT2D eigenvalue weighted by Crippen LogP contribution is -2.61. The normalized spacial score (nSPS) is 21.4. The zero-order valence-electron chi connectivity index (χ0n) is 44.0. The Kier molecular flexibility index (Phi) is 7.82. The summed E-state index contributed by atoms with van der Waals surface area (Å²) in [5.41, 5.74) is 23.8. The fourth-order valence-electron chi connectivity index (χ4n) is 14.4. The Morgan fingerprint density at radius 2 is 0.984 bits per heavy atom. The topological polar surface area (TPSA) is 6.48 Å². The van der Waals surface area contributed by atoms with Crippen molar-refractivity contribution in [3.8, 4) is 11.1 Å². The molecule has 2 heterocycles. The molecule has 0 amide bonds. The number of hydrogen-bond donors (Lipinski definition) is 0. The molecular weight excluding hydrogens is 771 g/mol. The maximum atomic E-state index is 9.18. The van der Waals surface area contributed by atoms with Gasteiger partial charge in [-0.05, 0) is 193 Å². The first-order valence-corrected chi connectivity index (χ1v) is 24.1. The summed E-state index contributed by atoms with van der Waals surface area (Å²) in [5, 5.41) is 0. The highest BCUT2D eigenvalue weighted by molar-refractivity contribution is 7.00. The number of fused-ring (bicyclic) bond motifs is 7. The molecule has 5 aliphatic rings. The molecule has 6 aromatic carbocycles. The monoisotopic (exact) mass is 844 g/mol. The van der Waals surface area contributed by atoms with Crippen LogP contribution >= 0.6 is 0 Å². The molecule has 0 aromatic heterocycles. The Balaban J connectivity index is 1.30. The van der Waals surface area contributed by atoms with Crippen molar-refractivity contribution in [1.29, 1.82) is 0 Å². The first kappa shape index (κ1) is 38.3. The lowest BCUT2D eigenvalue weighted by atomic mass is 9.33. The van der Waals surface area contributed by atoms with Gasteiger partial charge in [-0.2, -0.15) is 0 Å². The van der Waals surface area contributed by atoms with E-state index in [1.54, 1.807) is 0 Å². The zero-order chi connectivity index (χ0) is 47.9. The molecule has 11 rings (SSSR count). The summed E-state index contributed by atoms with van der Waals surface area (Å²) in [5.74, 6) is 0. The van der Waals surface area contributed by atoms with Crippen LogP contribution in [0.3, 0.4) is 0 Å². The second-order valence-corrected chi connectivity index (χ2v) is 24.6. The van der Waals surface area contributed by atoms with Crippen LogP contribution < -0.4 is 26.2 Å². The summed E-state index contributed by atoms with van der Waals surface area (Å²) in [4.78, 5) is 4.97. The van der Waals surface area contributed by atoms with Crippen LogP contribution in [0.5, 0.6) is 0 Å². The summed E-state index contributed by atoms with van der Waals surface area (Å²) in [7, 11) is 0. The molecule has 0 bridgehead atoms. The van der Waals surface area contributed by atoms with E-state index in [9.17, 15) is 4.11 Å². The average molecular weight is 844 g/mol. The molecule has 3 aliphatic carbocycles. The van der Waals surface area contributed by atoms with Gasteiger partial charge in [-0.15, -0.1) is 0 Å². The van der Waals surface area contributed by atoms with Gasteiger partial charge in [-0.1, -0.05) is 144 Å². The summed E-state index contributed by atoms with van der Waals surface area (Å²) in [6.07, 6.45) is 4.37. The minimum absolute atomic E-state index is 0.0181. The zero-order valence-corrected chi connectivity index (χ0v) is 41.0. The highest BCUT2D eigenvalue weighted by Gasteiger charge is 2.50. The van der Waals surface area contributed by atoms with Crippen molar-refractivity contribution in [1.82, 2.24) is 0 Å². The van der Waals surface area contributed by atoms with Crippen LogP contribution in [0.15, 0.2) is 97.1 Å². The quantitative estimate of drug-likeness (QED) is 0.164. The number of nitrogens with zero attached hydrogens (tertiary/aromatic N) is 2. The molecule has 0 spiro atoms. The third kappa shape index (κ3) is 5.77. The fourth-order valence-corrected chi connectivity index (χ4v) is 14.4. The van der Waals surface area contributed by atoms with Crippen molar-refractivity contribution in [2.24, 2.45) is 0 Å². The van der Waals surface area contributed by atoms with Crippen molar-refractivity contribution in [3.05, 3.63) is 147 Å². The van der Waals surface area contributed by atoms with Gasteiger partial charge in [0.15, 0.2) is 0 Å². The Morgan fingerprint density at radius 1 is 0.453 bits per heavy atom. The standard InChI is InChI=1S/C61H69BN2/c1-36-27-52-55-53(28-36)64(50-32-44-42(29-37(50)2)56(4,5)25-26-57(44,6)7)49-23-21-40(39-19-17-16-18-20-39)30-46(49)62(55)47-31-43-45(60(12,13)34-59(43,10)11)33-51(47)63(52)48-24-22-41-54(38(48)3)61(14,15)35-58(41,8)9/h16-24,27-33H,25-26,34-35H2,1-15H3/i1D3. The molecule has 2 aliphatic heterocycles. The van der Waals surface area contributed by atoms with E-state index in [0.29, 0.717) is 5.56 Å². The highest BCUT2D eigenvalue weighted by Crippen LogP contribution is 2.57. The lowest BCUT2D eigenvalue weighted by molar-refractivity contribution is 0.332. The molecule has 0 fully saturated rings. The molecule has 0 unspecified atom stereocenters. The van der Waals surface area contributed by atoms with Gasteiger partial charge in [-0.25, -0.2) is 0 Å². The van der Waals surface area contributed by atoms with E-state index in [1.807, 2.05) is 12.1 Å². The summed E-state index contributed by atoms with van der Waals surface area (Å²) in [6, 6.07) is 36.7. The highest BCUT2D eigenvalue weighted by atomic mass is 15.2. The van der Waals surface area contributed by atoms with Crippen molar-refractivity contribution in [2.75, 3.05) is 9.80 Å². The van der Waals surface area contributed by atoms with Gasteiger partial charge in [0.1, 0.15) is 0 Å². The molecule has 0 saturated carbocycles. The molecule has 3 heteroatoms. The second-order valence-electron chi connectivity index (χ2n) is 24.6. The molecule has 0 atom stereocenters. The van der Waals surface area contributed by atoms with Gasteiger partial charge < -0.3 is 9.80 Å². The van der Waals surface area contributed by atoms with Gasteiger partial charge in [0.2, 0.25) is 0 Å². The maximum absolute atomic E-state index is 9.18. The predicted molar refractivity (Wildman–Crippen MR) is 277 cm³/mol. The smallest absolute Gasteiger partial charge is 0.252 e. The number of aryl methyl sites for hydroxylation is 2.